The summed E-state index contributed by atoms with van der Waals surface area (Å²) in [5, 5.41) is 4.06. The number of aromatic nitrogens is 1. The van der Waals surface area contributed by atoms with E-state index in [1.165, 1.54) is 4.70 Å². The molecule has 0 bridgehead atoms. The molecule has 2 amide bonds. The molecule has 1 N–H and O–H groups in total. The molecule has 1 aromatic heterocycles. The van der Waals surface area contributed by atoms with Crippen LogP contribution >= 0.6 is 11.3 Å². The van der Waals surface area contributed by atoms with E-state index < -0.39 is 0 Å². The second-order valence-corrected chi connectivity index (χ2v) is 8.81. The molecule has 2 heterocycles. The van der Waals surface area contributed by atoms with E-state index >= 15 is 0 Å². The lowest BCUT2D eigenvalue weighted by Crippen LogP contribution is -2.33. The van der Waals surface area contributed by atoms with Gasteiger partial charge in [-0.15, -0.1) is 11.3 Å². The highest BCUT2D eigenvalue weighted by Gasteiger charge is 2.30. The highest BCUT2D eigenvalue weighted by atomic mass is 32.1. The van der Waals surface area contributed by atoms with Crippen molar-refractivity contribution in [3.8, 4) is 0 Å². The van der Waals surface area contributed by atoms with Gasteiger partial charge in [-0.2, -0.15) is 0 Å². The summed E-state index contributed by atoms with van der Waals surface area (Å²) >= 11 is 1.72. The van der Waals surface area contributed by atoms with Crippen molar-refractivity contribution in [3.63, 3.8) is 0 Å². The molecule has 1 fully saturated rings. The van der Waals surface area contributed by atoms with E-state index in [4.69, 9.17) is 4.98 Å². The number of hydrogen-bond donors (Lipinski definition) is 1. The third-order valence-electron chi connectivity index (χ3n) is 5.77. The summed E-state index contributed by atoms with van der Waals surface area (Å²) in [5.74, 6) is -0.0329. The monoisotopic (exact) mass is 436 g/mol. The number of nitrogens with zero attached hydrogens (tertiary/aromatic N) is 3. The van der Waals surface area contributed by atoms with Gasteiger partial charge in [0.25, 0.3) is 5.91 Å². The number of benzene rings is 2. The maximum atomic E-state index is 12.7. The van der Waals surface area contributed by atoms with Crippen molar-refractivity contribution >= 4 is 39.1 Å². The predicted molar refractivity (Wildman–Crippen MR) is 125 cm³/mol. The Morgan fingerprint density at radius 2 is 1.87 bits per heavy atom. The number of nitrogens with one attached hydrogen (secondary N) is 1. The second-order valence-electron chi connectivity index (χ2n) is 7.75. The summed E-state index contributed by atoms with van der Waals surface area (Å²) in [6.45, 7) is 6.52. The number of carbonyl (C=O) groups is 2. The Hall–Kier alpha value is -2.77. The van der Waals surface area contributed by atoms with Gasteiger partial charge in [0.15, 0.2) is 0 Å². The summed E-state index contributed by atoms with van der Waals surface area (Å²) in [5.41, 5.74) is 2.37. The number of rotatable bonds is 7. The van der Waals surface area contributed by atoms with Crippen molar-refractivity contribution in [2.24, 2.45) is 0 Å². The van der Waals surface area contributed by atoms with Crippen LogP contribution < -0.4 is 5.32 Å². The summed E-state index contributed by atoms with van der Waals surface area (Å²) in [6, 6.07) is 15.5. The quantitative estimate of drug-likeness (QED) is 0.590. The molecule has 0 unspecified atom stereocenters. The normalized spacial score (nSPS) is 16.5. The van der Waals surface area contributed by atoms with Crippen LogP contribution in [-0.4, -0.2) is 52.8 Å². The Balaban J connectivity index is 1.38. The maximum absolute atomic E-state index is 12.7. The molecule has 0 aliphatic carbocycles. The average Bonchev–Trinajstić information content (AvgIpc) is 3.41. The molecule has 1 saturated heterocycles. The van der Waals surface area contributed by atoms with Gasteiger partial charge in [0, 0.05) is 24.3 Å². The average molecular weight is 437 g/mol. The molecular formula is C24H28N4O2S. The van der Waals surface area contributed by atoms with E-state index in [1.807, 2.05) is 32.0 Å². The van der Waals surface area contributed by atoms with E-state index in [0.29, 0.717) is 30.9 Å². The Morgan fingerprint density at radius 3 is 2.58 bits per heavy atom. The molecule has 1 aliphatic rings. The molecular weight excluding hydrogens is 408 g/mol. The Kier molecular flexibility index (Phi) is 6.63. The highest BCUT2D eigenvalue weighted by Crippen LogP contribution is 2.36. The number of likely N-dealkylation sites (tertiary alicyclic amines) is 1. The Morgan fingerprint density at radius 1 is 1.13 bits per heavy atom. The SMILES string of the molecule is CCN(CC)C(=O)c1ccc(NC(=O)CN2CCC[C@H]2c2nc3ccccc3s2)cc1. The van der Waals surface area contributed by atoms with E-state index in [9.17, 15) is 9.59 Å². The minimum Gasteiger partial charge on any atom is -0.339 e. The molecule has 0 saturated carbocycles. The lowest BCUT2D eigenvalue weighted by molar-refractivity contribution is -0.117. The van der Waals surface area contributed by atoms with E-state index in [-0.39, 0.29) is 17.9 Å². The van der Waals surface area contributed by atoms with Gasteiger partial charge < -0.3 is 10.2 Å². The minimum absolute atomic E-state index is 0.0126. The number of para-hydroxylation sites is 1. The molecule has 0 radical (unpaired) electrons. The van der Waals surface area contributed by atoms with Crippen molar-refractivity contribution in [2.75, 3.05) is 31.5 Å². The van der Waals surface area contributed by atoms with Crippen LogP contribution in [0.3, 0.4) is 0 Å². The number of carbonyl (C=O) groups excluding carboxylic acids is 2. The third kappa shape index (κ3) is 4.78. The van der Waals surface area contributed by atoms with Gasteiger partial charge in [-0.1, -0.05) is 12.1 Å². The van der Waals surface area contributed by atoms with Gasteiger partial charge in [-0.3, -0.25) is 14.5 Å². The van der Waals surface area contributed by atoms with Gasteiger partial charge in [-0.05, 0) is 69.6 Å². The topological polar surface area (TPSA) is 65.5 Å². The van der Waals surface area contributed by atoms with Crippen LogP contribution in [-0.2, 0) is 4.79 Å². The Labute approximate surface area is 186 Å². The number of amides is 2. The van der Waals surface area contributed by atoms with E-state index in [1.54, 1.807) is 40.5 Å². The van der Waals surface area contributed by atoms with Gasteiger partial charge >= 0.3 is 0 Å². The molecule has 4 rings (SSSR count). The van der Waals surface area contributed by atoms with Crippen LogP contribution in [0.5, 0.6) is 0 Å². The van der Waals surface area contributed by atoms with Crippen LogP contribution in [0.15, 0.2) is 48.5 Å². The first-order valence-electron chi connectivity index (χ1n) is 10.9. The number of thiazole rings is 1. The van der Waals surface area contributed by atoms with Gasteiger partial charge in [-0.25, -0.2) is 4.98 Å². The zero-order chi connectivity index (χ0) is 21.8. The van der Waals surface area contributed by atoms with Crippen molar-refractivity contribution in [1.82, 2.24) is 14.8 Å². The van der Waals surface area contributed by atoms with E-state index in [0.717, 1.165) is 29.9 Å². The first-order valence-corrected chi connectivity index (χ1v) is 11.7. The molecule has 1 aliphatic heterocycles. The second kappa shape index (κ2) is 9.58. The summed E-state index contributed by atoms with van der Waals surface area (Å²) in [7, 11) is 0. The van der Waals surface area contributed by atoms with Crippen LogP contribution in [0.4, 0.5) is 5.69 Å². The van der Waals surface area contributed by atoms with Gasteiger partial charge in [0.2, 0.25) is 5.91 Å². The van der Waals surface area contributed by atoms with E-state index in [2.05, 4.69) is 16.3 Å². The van der Waals surface area contributed by atoms with Crippen molar-refractivity contribution < 1.29 is 9.59 Å². The van der Waals surface area contributed by atoms with Crippen molar-refractivity contribution in [1.29, 1.82) is 0 Å². The zero-order valence-corrected chi connectivity index (χ0v) is 18.8. The highest BCUT2D eigenvalue weighted by molar-refractivity contribution is 7.18. The summed E-state index contributed by atoms with van der Waals surface area (Å²) < 4.78 is 1.19. The number of fused-ring (bicyclic) bond motifs is 1. The Bertz CT molecular complexity index is 1030. The molecule has 1 atom stereocenters. The molecule has 162 valence electrons. The fraction of sp³-hybridized carbons (Fsp3) is 0.375. The predicted octanol–water partition coefficient (Wildman–Crippen LogP) is 4.55. The first kappa shape index (κ1) is 21.5. The fourth-order valence-electron chi connectivity index (χ4n) is 4.10. The lowest BCUT2D eigenvalue weighted by Gasteiger charge is -2.22. The maximum Gasteiger partial charge on any atom is 0.253 e. The fourth-order valence-corrected chi connectivity index (χ4v) is 5.24. The zero-order valence-electron chi connectivity index (χ0n) is 18.0. The smallest absolute Gasteiger partial charge is 0.253 e. The van der Waals surface area contributed by atoms with Gasteiger partial charge in [0.1, 0.15) is 5.01 Å². The summed E-state index contributed by atoms with van der Waals surface area (Å²) in [6.07, 6.45) is 2.09. The molecule has 7 heteroatoms. The van der Waals surface area contributed by atoms with Crippen LogP contribution in [0, 0.1) is 0 Å². The van der Waals surface area contributed by atoms with Crippen molar-refractivity contribution in [3.05, 3.63) is 59.1 Å². The number of anilines is 1. The van der Waals surface area contributed by atoms with Crippen LogP contribution in [0.1, 0.15) is 48.1 Å². The van der Waals surface area contributed by atoms with Crippen LogP contribution in [0.2, 0.25) is 0 Å². The largest absolute Gasteiger partial charge is 0.339 e. The van der Waals surface area contributed by atoms with Crippen LogP contribution in [0.25, 0.3) is 10.2 Å². The molecule has 2 aromatic carbocycles. The lowest BCUT2D eigenvalue weighted by atomic mass is 10.1. The molecule has 31 heavy (non-hydrogen) atoms. The summed E-state index contributed by atoms with van der Waals surface area (Å²) in [4.78, 5) is 33.9. The third-order valence-corrected chi connectivity index (χ3v) is 6.91. The number of hydrogen-bond acceptors (Lipinski definition) is 5. The first-order chi connectivity index (χ1) is 15.1. The van der Waals surface area contributed by atoms with Gasteiger partial charge in [0.05, 0.1) is 22.8 Å². The molecule has 0 spiro atoms. The molecule has 3 aromatic rings. The molecule has 6 nitrogen and oxygen atoms in total. The van der Waals surface area contributed by atoms with Crippen molar-refractivity contribution in [2.45, 2.75) is 32.7 Å². The minimum atomic E-state index is -0.0455. The standard InChI is InChI=1S/C24H28N4O2S/c1-3-27(4-2)24(30)17-11-13-18(14-12-17)25-22(29)16-28-15-7-9-20(28)23-26-19-8-5-6-10-21(19)31-23/h5-6,8,10-14,20H,3-4,7,9,15-16H2,1-2H3,(H,25,29)/t20-/m0/s1.